The minimum atomic E-state index is -0.644. The first-order valence-electron chi connectivity index (χ1n) is 10.9. The summed E-state index contributed by atoms with van der Waals surface area (Å²) in [7, 11) is 0. The summed E-state index contributed by atoms with van der Waals surface area (Å²) in [6.45, 7) is 9.66. The van der Waals surface area contributed by atoms with E-state index in [1.165, 1.54) is 4.57 Å². The fourth-order valence-electron chi connectivity index (χ4n) is 4.12. The number of amides is 3. The highest BCUT2D eigenvalue weighted by Gasteiger charge is 2.28. The van der Waals surface area contributed by atoms with Crippen LogP contribution in [-0.4, -0.2) is 21.5 Å². The summed E-state index contributed by atoms with van der Waals surface area (Å²) in [4.78, 5) is 43.1. The maximum absolute atomic E-state index is 13.5. The average Bonchev–Trinajstić information content (AvgIpc) is 2.76. The highest BCUT2D eigenvalue weighted by molar-refractivity contribution is 5.90. The molecule has 0 bridgehead atoms. The van der Waals surface area contributed by atoms with E-state index in [-0.39, 0.29) is 24.0 Å². The van der Waals surface area contributed by atoms with Crippen molar-refractivity contribution in [3.8, 4) is 0 Å². The van der Waals surface area contributed by atoms with E-state index in [2.05, 4.69) is 27.5 Å². The van der Waals surface area contributed by atoms with Crippen molar-refractivity contribution in [1.82, 2.24) is 20.2 Å². The van der Waals surface area contributed by atoms with Gasteiger partial charge < -0.3 is 16.0 Å². The van der Waals surface area contributed by atoms with Crippen LogP contribution < -0.4 is 21.5 Å². The summed E-state index contributed by atoms with van der Waals surface area (Å²) >= 11 is 0. The van der Waals surface area contributed by atoms with E-state index >= 15 is 0 Å². The number of hydrogen-bond donors (Lipinski definition) is 3. The van der Waals surface area contributed by atoms with E-state index < -0.39 is 6.04 Å². The third kappa shape index (κ3) is 4.50. The molecule has 1 fully saturated rings. The van der Waals surface area contributed by atoms with Gasteiger partial charge in [-0.25, -0.2) is 9.78 Å². The molecule has 0 saturated carbocycles. The predicted octanol–water partition coefficient (Wildman–Crippen LogP) is 3.61. The molecule has 1 saturated heterocycles. The molecule has 1 atom stereocenters. The molecule has 2 heterocycles. The minimum absolute atomic E-state index is 0.141. The van der Waals surface area contributed by atoms with Crippen LogP contribution in [0.1, 0.15) is 41.4 Å². The van der Waals surface area contributed by atoms with E-state index in [0.29, 0.717) is 46.5 Å². The number of urea groups is 1. The summed E-state index contributed by atoms with van der Waals surface area (Å²) in [5, 5.41) is 8.75. The van der Waals surface area contributed by atoms with E-state index in [0.717, 1.165) is 11.1 Å². The molecule has 1 aromatic heterocycles. The van der Waals surface area contributed by atoms with Crippen molar-refractivity contribution < 1.29 is 9.59 Å². The summed E-state index contributed by atoms with van der Waals surface area (Å²) in [5.41, 5.74) is 4.44. The molecular weight excluding hydrogens is 418 g/mol. The Morgan fingerprint density at radius 3 is 2.70 bits per heavy atom. The highest BCUT2D eigenvalue weighted by Crippen LogP contribution is 2.23. The van der Waals surface area contributed by atoms with E-state index in [1.54, 1.807) is 25.1 Å². The second-order valence-electron chi connectivity index (χ2n) is 8.40. The number of fused-ring (bicyclic) bond motifs is 1. The second-order valence-corrected chi connectivity index (χ2v) is 8.40. The summed E-state index contributed by atoms with van der Waals surface area (Å²) in [6, 6.07) is 10.0. The molecule has 0 aliphatic carbocycles. The van der Waals surface area contributed by atoms with E-state index in [9.17, 15) is 14.4 Å². The molecule has 3 amide bonds. The van der Waals surface area contributed by atoms with Crippen LogP contribution in [0.4, 0.5) is 10.5 Å². The molecule has 0 spiro atoms. The number of anilines is 1. The zero-order valence-corrected chi connectivity index (χ0v) is 19.0. The standard InChI is InChI=1S/C25H27N5O3/c1-14-8-10-19(12-15(14)2)29-25(33)26-13-18-6-5-7-20-22(18)24(32)30(17(4)28-20)21-11-9-16(3)27-23(21)31/h5-8,10,12,21H,3,9,11,13H2,1-2,4H3,(H,27,31)(H2,26,29,33). The molecule has 1 aliphatic rings. The minimum Gasteiger partial charge on any atom is -0.334 e. The molecule has 8 nitrogen and oxygen atoms in total. The van der Waals surface area contributed by atoms with Gasteiger partial charge in [0, 0.05) is 17.9 Å². The molecule has 0 radical (unpaired) electrons. The lowest BCUT2D eigenvalue weighted by Crippen LogP contribution is -2.41. The molecule has 3 N–H and O–H groups in total. The van der Waals surface area contributed by atoms with E-state index in [4.69, 9.17) is 0 Å². The molecule has 1 unspecified atom stereocenters. The molecule has 4 rings (SSSR count). The number of aryl methyl sites for hydroxylation is 3. The monoisotopic (exact) mass is 445 g/mol. The number of carbonyl (C=O) groups excluding carboxylic acids is 2. The summed E-state index contributed by atoms with van der Waals surface area (Å²) in [5.74, 6) is 0.207. The quantitative estimate of drug-likeness (QED) is 0.570. The van der Waals surface area contributed by atoms with Crippen LogP contribution >= 0.6 is 0 Å². The fourth-order valence-corrected chi connectivity index (χ4v) is 4.12. The normalized spacial score (nSPS) is 15.9. The van der Waals surface area contributed by atoms with Crippen molar-refractivity contribution in [2.45, 2.75) is 46.2 Å². The van der Waals surface area contributed by atoms with Crippen LogP contribution in [-0.2, 0) is 11.3 Å². The highest BCUT2D eigenvalue weighted by atomic mass is 16.2. The topological polar surface area (TPSA) is 105 Å². The lowest BCUT2D eigenvalue weighted by molar-refractivity contribution is -0.124. The van der Waals surface area contributed by atoms with Gasteiger partial charge in [0.25, 0.3) is 5.56 Å². The van der Waals surface area contributed by atoms with Gasteiger partial charge >= 0.3 is 6.03 Å². The van der Waals surface area contributed by atoms with Crippen LogP contribution in [0.2, 0.25) is 0 Å². The van der Waals surface area contributed by atoms with Gasteiger partial charge in [0.2, 0.25) is 5.91 Å². The Kier molecular flexibility index (Phi) is 6.00. The van der Waals surface area contributed by atoms with Crippen LogP contribution in [0.5, 0.6) is 0 Å². The zero-order valence-electron chi connectivity index (χ0n) is 19.0. The number of nitrogens with zero attached hydrogens (tertiary/aromatic N) is 2. The average molecular weight is 446 g/mol. The molecule has 3 aromatic rings. The van der Waals surface area contributed by atoms with Gasteiger partial charge in [-0.05, 0) is 68.5 Å². The summed E-state index contributed by atoms with van der Waals surface area (Å²) in [6.07, 6.45) is 1.08. The Labute approximate surface area is 191 Å². The molecule has 8 heteroatoms. The Hall–Kier alpha value is -3.94. The Bertz CT molecular complexity index is 1340. The molecular formula is C25H27N5O3. The van der Waals surface area contributed by atoms with Gasteiger partial charge in [-0.1, -0.05) is 24.8 Å². The first kappa shape index (κ1) is 22.3. The van der Waals surface area contributed by atoms with Gasteiger partial charge in [0.05, 0.1) is 10.9 Å². The first-order valence-corrected chi connectivity index (χ1v) is 10.9. The van der Waals surface area contributed by atoms with Gasteiger partial charge in [0.1, 0.15) is 11.9 Å². The molecule has 1 aliphatic heterocycles. The second kappa shape index (κ2) is 8.90. The SMILES string of the molecule is C=C1CCC(n2c(C)nc3cccc(CNC(=O)Nc4ccc(C)c(C)c4)c3c2=O)C(=O)N1. The Morgan fingerprint density at radius 2 is 1.97 bits per heavy atom. The van der Waals surface area contributed by atoms with Gasteiger partial charge in [0.15, 0.2) is 0 Å². The number of carbonyl (C=O) groups is 2. The van der Waals surface area contributed by atoms with Crippen LogP contribution in [0, 0.1) is 20.8 Å². The zero-order chi connectivity index (χ0) is 23.7. The fraction of sp³-hybridized carbons (Fsp3) is 0.280. The number of piperidine rings is 1. The van der Waals surface area contributed by atoms with Crippen molar-refractivity contribution in [3.05, 3.63) is 81.5 Å². The number of hydrogen-bond acceptors (Lipinski definition) is 4. The number of rotatable bonds is 4. The number of allylic oxidation sites excluding steroid dienone is 1. The lowest BCUT2D eigenvalue weighted by atomic mass is 10.0. The predicted molar refractivity (Wildman–Crippen MR) is 128 cm³/mol. The lowest BCUT2D eigenvalue weighted by Gasteiger charge is -2.26. The third-order valence-electron chi connectivity index (χ3n) is 6.03. The summed E-state index contributed by atoms with van der Waals surface area (Å²) < 4.78 is 1.45. The largest absolute Gasteiger partial charge is 0.334 e. The van der Waals surface area contributed by atoms with Crippen molar-refractivity contribution in [2.24, 2.45) is 0 Å². The molecule has 33 heavy (non-hydrogen) atoms. The molecule has 2 aromatic carbocycles. The van der Waals surface area contributed by atoms with E-state index in [1.807, 2.05) is 32.0 Å². The number of aromatic nitrogens is 2. The molecule has 170 valence electrons. The van der Waals surface area contributed by atoms with Crippen LogP contribution in [0.25, 0.3) is 10.9 Å². The number of benzene rings is 2. The number of nitrogens with one attached hydrogen (secondary N) is 3. The maximum atomic E-state index is 13.5. The van der Waals surface area contributed by atoms with Crippen molar-refractivity contribution >= 4 is 28.5 Å². The Morgan fingerprint density at radius 1 is 1.18 bits per heavy atom. The smallest absolute Gasteiger partial charge is 0.319 e. The maximum Gasteiger partial charge on any atom is 0.319 e. The van der Waals surface area contributed by atoms with Crippen LogP contribution in [0.15, 0.2) is 53.5 Å². The van der Waals surface area contributed by atoms with Gasteiger partial charge in [-0.2, -0.15) is 0 Å². The first-order chi connectivity index (χ1) is 15.7. The van der Waals surface area contributed by atoms with Crippen LogP contribution in [0.3, 0.4) is 0 Å². The van der Waals surface area contributed by atoms with Crippen molar-refractivity contribution in [2.75, 3.05) is 5.32 Å². The van der Waals surface area contributed by atoms with Gasteiger partial charge in [-0.3, -0.25) is 14.2 Å². The third-order valence-corrected chi connectivity index (χ3v) is 6.03. The van der Waals surface area contributed by atoms with Gasteiger partial charge in [-0.15, -0.1) is 0 Å². The van der Waals surface area contributed by atoms with Crippen molar-refractivity contribution in [3.63, 3.8) is 0 Å². The van der Waals surface area contributed by atoms with Crippen molar-refractivity contribution in [1.29, 1.82) is 0 Å². The Balaban J connectivity index is 1.61.